The molecule has 4 unspecified atom stereocenters. The topological polar surface area (TPSA) is 273 Å². The van der Waals surface area contributed by atoms with Crippen LogP contribution in [0, 0.1) is 0 Å². The summed E-state index contributed by atoms with van der Waals surface area (Å²) < 4.78 is 49.3. The van der Waals surface area contributed by atoms with E-state index in [0.29, 0.717) is 31.5 Å². The molecule has 0 radical (unpaired) electrons. The first-order chi connectivity index (χ1) is 29.5. The van der Waals surface area contributed by atoms with Crippen LogP contribution in [0.25, 0.3) is 0 Å². The van der Waals surface area contributed by atoms with Crippen molar-refractivity contribution in [2.45, 2.75) is 243 Å². The van der Waals surface area contributed by atoms with Crippen molar-refractivity contribution in [3.63, 3.8) is 0 Å². The lowest BCUT2D eigenvalue weighted by Gasteiger charge is -2.43. The van der Waals surface area contributed by atoms with Gasteiger partial charge in [-0.3, -0.25) is 28.0 Å². The predicted octanol–water partition coefficient (Wildman–Crippen LogP) is 7.80. The second-order valence-electron chi connectivity index (χ2n) is 16.8. The molecule has 0 aromatic rings. The smallest absolute Gasteiger partial charge is 0.466 e. The highest BCUT2D eigenvalue weighted by Crippen LogP contribution is 2.49. The average molecular weight is 933 g/mol. The van der Waals surface area contributed by atoms with Crippen LogP contribution >= 0.6 is 15.6 Å². The Labute approximate surface area is 370 Å². The zero-order valence-electron chi connectivity index (χ0n) is 37.6. The van der Waals surface area contributed by atoms with Crippen LogP contribution in [-0.4, -0.2) is 109 Å². The van der Waals surface area contributed by atoms with Crippen molar-refractivity contribution in [2.75, 3.05) is 13.2 Å². The molecule has 1 saturated carbocycles. The first kappa shape index (κ1) is 58.7. The Bertz CT molecular complexity index is 1280. The summed E-state index contributed by atoms with van der Waals surface area (Å²) in [6.07, 6.45) is 12.7. The van der Waals surface area contributed by atoms with E-state index in [-0.39, 0.29) is 13.0 Å². The van der Waals surface area contributed by atoms with E-state index in [4.69, 9.17) is 28.3 Å². The van der Waals surface area contributed by atoms with Crippen molar-refractivity contribution < 1.29 is 81.7 Å². The van der Waals surface area contributed by atoms with Crippen molar-refractivity contribution in [2.24, 2.45) is 0 Å². The van der Waals surface area contributed by atoms with Gasteiger partial charge in [0.25, 0.3) is 0 Å². The fourth-order valence-electron chi connectivity index (χ4n) is 7.47. The lowest BCUT2D eigenvalue weighted by atomic mass is 9.85. The summed E-state index contributed by atoms with van der Waals surface area (Å²) >= 11 is 0. The van der Waals surface area contributed by atoms with E-state index in [9.17, 15) is 48.8 Å². The minimum Gasteiger partial charge on any atom is -0.466 e. The summed E-state index contributed by atoms with van der Waals surface area (Å²) in [4.78, 5) is 66.0. The first-order valence-electron chi connectivity index (χ1n) is 23.5. The van der Waals surface area contributed by atoms with Crippen LogP contribution in [0.3, 0.4) is 0 Å². The van der Waals surface area contributed by atoms with E-state index >= 15 is 0 Å². The summed E-state index contributed by atoms with van der Waals surface area (Å²) in [5, 5.41) is 41.2. The largest absolute Gasteiger partial charge is 0.472 e. The molecule has 0 bridgehead atoms. The Hall–Kier alpha value is -1.33. The van der Waals surface area contributed by atoms with Crippen molar-refractivity contribution in [1.29, 1.82) is 0 Å². The summed E-state index contributed by atoms with van der Waals surface area (Å²) in [5.41, 5.74) is 0. The highest BCUT2D eigenvalue weighted by molar-refractivity contribution is 7.47. The molecule has 19 heteroatoms. The van der Waals surface area contributed by atoms with Crippen LogP contribution < -0.4 is 0 Å². The molecule has 0 aromatic carbocycles. The molecular formula is C43H82O17P2. The summed E-state index contributed by atoms with van der Waals surface area (Å²) in [5.74, 6) is -1.06. The van der Waals surface area contributed by atoms with Crippen LogP contribution in [0.5, 0.6) is 0 Å². The number of phosphoric acid groups is 2. The van der Waals surface area contributed by atoms with Gasteiger partial charge in [0.2, 0.25) is 0 Å². The average Bonchev–Trinajstić information content (AvgIpc) is 3.21. The number of carbonyl (C=O) groups excluding carboxylic acids is 3. The molecule has 0 aliphatic heterocycles. The number of hydrogen-bond donors (Lipinski definition) is 7. The molecule has 0 amide bonds. The molecule has 17 nitrogen and oxygen atoms in total. The van der Waals surface area contributed by atoms with Gasteiger partial charge in [-0.15, -0.1) is 0 Å². The van der Waals surface area contributed by atoms with Crippen LogP contribution in [0.2, 0.25) is 0 Å². The van der Waals surface area contributed by atoms with Gasteiger partial charge >= 0.3 is 27.6 Å². The molecule has 0 spiro atoms. The minimum atomic E-state index is -5.37. The lowest BCUT2D eigenvalue weighted by Crippen LogP contribution is -2.64. The third-order valence-electron chi connectivity index (χ3n) is 11.1. The van der Waals surface area contributed by atoms with Crippen molar-refractivity contribution in [3.8, 4) is 0 Å². The number of aliphatic hydroxyl groups excluding tert-OH is 4. The van der Waals surface area contributed by atoms with E-state index in [0.717, 1.165) is 83.5 Å². The van der Waals surface area contributed by atoms with Gasteiger partial charge in [0.1, 0.15) is 48.5 Å². The maximum atomic E-state index is 13.0. The fourth-order valence-corrected chi connectivity index (χ4v) is 9.01. The van der Waals surface area contributed by atoms with Crippen LogP contribution in [0.15, 0.2) is 0 Å². The summed E-state index contributed by atoms with van der Waals surface area (Å²) in [7, 11) is -10.7. The van der Waals surface area contributed by atoms with Gasteiger partial charge in [-0.25, -0.2) is 9.13 Å². The third kappa shape index (κ3) is 29.3. The summed E-state index contributed by atoms with van der Waals surface area (Å²) in [6.45, 7) is 3.48. The molecule has 1 aliphatic carbocycles. The monoisotopic (exact) mass is 933 g/mol. The molecule has 62 heavy (non-hydrogen) atoms. The zero-order valence-corrected chi connectivity index (χ0v) is 39.4. The quantitative estimate of drug-likeness (QED) is 0.0175. The molecule has 0 saturated heterocycles. The fraction of sp³-hybridized carbons (Fsp3) is 0.930. The number of aliphatic hydroxyl groups is 4. The first-order valence-corrected chi connectivity index (χ1v) is 26.5. The van der Waals surface area contributed by atoms with Gasteiger partial charge in [-0.1, -0.05) is 149 Å². The van der Waals surface area contributed by atoms with Gasteiger partial charge < -0.3 is 44.6 Å². The molecule has 0 heterocycles. The second-order valence-corrected chi connectivity index (χ2v) is 19.4. The lowest BCUT2D eigenvalue weighted by molar-refractivity contribution is -0.216. The van der Waals surface area contributed by atoms with Crippen LogP contribution in [0.1, 0.15) is 200 Å². The van der Waals surface area contributed by atoms with Gasteiger partial charge in [0.05, 0.1) is 19.6 Å². The summed E-state index contributed by atoms with van der Waals surface area (Å²) in [6, 6.07) is 0. The third-order valence-corrected chi connectivity index (χ3v) is 12.6. The number of carbonyl (C=O) groups is 3. The number of ether oxygens (including phenoxy) is 2. The molecule has 8 atom stereocenters. The normalized spacial score (nSPS) is 22.0. The van der Waals surface area contributed by atoms with E-state index in [1.54, 1.807) is 0 Å². The van der Waals surface area contributed by atoms with Crippen molar-refractivity contribution in [3.05, 3.63) is 0 Å². The Morgan fingerprint density at radius 1 is 0.500 bits per heavy atom. The SMILES string of the molecule is CCCCCCCCCCCCCCCC(=O)O[C@@H](COP(=O)(O)OC1C(O)[C@H](O)C(O)[C@H](OP(=O)(O)O)[C@@H]1O)CC(=O)OCCCCCCCCCCCCCC(=O)CCC. The number of Topliss-reactive ketones (excluding diaryl/α,β-unsaturated/α-hetero) is 1. The van der Waals surface area contributed by atoms with Crippen molar-refractivity contribution >= 4 is 33.4 Å². The number of phosphoric ester groups is 2. The molecule has 7 N–H and O–H groups in total. The molecule has 1 fully saturated rings. The molecule has 1 rings (SSSR count). The number of unbranched alkanes of at least 4 members (excludes halogenated alkanes) is 22. The van der Waals surface area contributed by atoms with E-state index < -0.39 is 83.3 Å². The number of hydrogen-bond acceptors (Lipinski definition) is 14. The van der Waals surface area contributed by atoms with Crippen LogP contribution in [-0.2, 0) is 46.6 Å². The Kier molecular flexibility index (Phi) is 33.1. The Morgan fingerprint density at radius 2 is 0.935 bits per heavy atom. The Balaban J connectivity index is 2.58. The van der Waals surface area contributed by atoms with E-state index in [2.05, 4.69) is 11.4 Å². The minimum absolute atomic E-state index is 0.0273. The standard InChI is InChI=1S/C43H82O17P2/c1-3-5-6-7-8-9-10-11-14-17-20-23-26-30-36(45)58-35(32-37(46)56-31-27-24-21-18-15-12-13-16-19-22-25-29-34(44)28-4-2)33-57-62(54,55)60-43-40(49)38(47)39(48)42(41(43)50)59-61(51,52)53/h35,38-43,47-50H,3-33H2,1-2H3,(H,54,55)(H2,51,52,53)/t35-,38-,39?,40?,41+,42+,43?/m1/s1. The molecule has 366 valence electrons. The molecular weight excluding hydrogens is 850 g/mol. The second kappa shape index (κ2) is 34.9. The zero-order chi connectivity index (χ0) is 46.2. The van der Waals surface area contributed by atoms with Crippen LogP contribution in [0.4, 0.5) is 0 Å². The van der Waals surface area contributed by atoms with E-state index in [1.807, 2.05) is 6.92 Å². The maximum Gasteiger partial charge on any atom is 0.472 e. The van der Waals surface area contributed by atoms with Gasteiger partial charge in [0.15, 0.2) is 0 Å². The number of rotatable bonds is 40. The number of ketones is 1. The molecule has 0 aromatic heterocycles. The molecule has 1 aliphatic rings. The van der Waals surface area contributed by atoms with Gasteiger partial charge in [0, 0.05) is 19.3 Å². The number of esters is 2. The van der Waals surface area contributed by atoms with Crippen molar-refractivity contribution in [1.82, 2.24) is 0 Å². The predicted molar refractivity (Wildman–Crippen MR) is 233 cm³/mol. The Morgan fingerprint density at radius 3 is 1.40 bits per heavy atom. The van der Waals surface area contributed by atoms with E-state index in [1.165, 1.54) is 64.2 Å². The van der Waals surface area contributed by atoms with Gasteiger partial charge in [-0.2, -0.15) is 0 Å². The van der Waals surface area contributed by atoms with Gasteiger partial charge in [-0.05, 0) is 25.7 Å². The highest BCUT2D eigenvalue weighted by Gasteiger charge is 2.54. The highest BCUT2D eigenvalue weighted by atomic mass is 31.2. The maximum absolute atomic E-state index is 13.0.